The van der Waals surface area contributed by atoms with E-state index in [2.05, 4.69) is 30.8 Å². The second-order valence-corrected chi connectivity index (χ2v) is 6.10. The van der Waals surface area contributed by atoms with Gasteiger partial charge in [0.1, 0.15) is 5.82 Å². The van der Waals surface area contributed by atoms with Crippen LogP contribution in [0.25, 0.3) is 0 Å². The molecule has 1 aliphatic rings. The summed E-state index contributed by atoms with van der Waals surface area (Å²) in [5.74, 6) is 1.22. The van der Waals surface area contributed by atoms with Crippen molar-refractivity contribution in [3.63, 3.8) is 0 Å². The Kier molecular flexibility index (Phi) is 4.46. The van der Waals surface area contributed by atoms with Crippen LogP contribution < -0.4 is 4.90 Å². The first-order valence-corrected chi connectivity index (χ1v) is 7.16. The zero-order chi connectivity index (χ0) is 15.8. The molecule has 0 amide bonds. The molecule has 0 saturated carbocycles. The van der Waals surface area contributed by atoms with Crippen molar-refractivity contribution in [3.05, 3.63) is 23.9 Å². The fourth-order valence-corrected chi connectivity index (χ4v) is 3.09. The number of hydrogen-bond donors (Lipinski definition) is 0. The largest absolute Gasteiger partial charge is 0.417 e. The van der Waals surface area contributed by atoms with Crippen molar-refractivity contribution in [2.45, 2.75) is 38.5 Å². The van der Waals surface area contributed by atoms with E-state index in [1.807, 2.05) is 11.9 Å². The molecule has 0 bridgehead atoms. The summed E-state index contributed by atoms with van der Waals surface area (Å²) in [7, 11) is 3.98. The maximum absolute atomic E-state index is 12.6. The highest BCUT2D eigenvalue weighted by molar-refractivity contribution is 5.40. The number of likely N-dealkylation sites (tertiary alicyclic amines) is 1. The van der Waals surface area contributed by atoms with E-state index in [4.69, 9.17) is 0 Å². The van der Waals surface area contributed by atoms with E-state index < -0.39 is 11.7 Å². The Hall–Kier alpha value is -1.30. The molecule has 1 aromatic rings. The van der Waals surface area contributed by atoms with Gasteiger partial charge in [0.15, 0.2) is 0 Å². The average molecular weight is 301 g/mol. The van der Waals surface area contributed by atoms with Gasteiger partial charge < -0.3 is 9.80 Å². The fraction of sp³-hybridized carbons (Fsp3) is 0.667. The number of nitrogens with zero attached hydrogens (tertiary/aromatic N) is 3. The van der Waals surface area contributed by atoms with E-state index >= 15 is 0 Å². The minimum Gasteiger partial charge on any atom is -0.355 e. The molecule has 118 valence electrons. The summed E-state index contributed by atoms with van der Waals surface area (Å²) in [4.78, 5) is 8.24. The molecule has 0 aliphatic carbocycles. The number of aromatic nitrogens is 1. The molecule has 1 aliphatic heterocycles. The molecular weight excluding hydrogens is 279 g/mol. The van der Waals surface area contributed by atoms with Crippen LogP contribution in [0, 0.1) is 5.92 Å². The van der Waals surface area contributed by atoms with Gasteiger partial charge in [0.25, 0.3) is 0 Å². The molecular formula is C15H22F3N3. The maximum atomic E-state index is 12.6. The van der Waals surface area contributed by atoms with Crippen molar-refractivity contribution < 1.29 is 13.2 Å². The van der Waals surface area contributed by atoms with Gasteiger partial charge in [0.05, 0.1) is 5.56 Å². The highest BCUT2D eigenvalue weighted by Crippen LogP contribution is 2.30. The molecule has 3 unspecified atom stereocenters. The molecule has 0 radical (unpaired) electrons. The lowest BCUT2D eigenvalue weighted by atomic mass is 10.0. The molecule has 2 heterocycles. The van der Waals surface area contributed by atoms with E-state index in [1.165, 1.54) is 6.07 Å². The highest BCUT2D eigenvalue weighted by atomic mass is 19.4. The molecule has 21 heavy (non-hydrogen) atoms. The Labute approximate surface area is 123 Å². The normalized spacial score (nSPS) is 25.1. The SMILES string of the molecule is CC1CC(C(C)N(C)c2ccc(C(F)(F)F)cn2)N(C)C1. The standard InChI is InChI=1S/C15H22F3N3/c1-10-7-13(20(3)9-10)11(2)21(4)14-6-5-12(8-19-14)15(16,17)18/h5-6,8,10-11,13H,7,9H2,1-4H3. The fourth-order valence-electron chi connectivity index (χ4n) is 3.09. The van der Waals surface area contributed by atoms with Gasteiger partial charge in [-0.25, -0.2) is 4.98 Å². The molecule has 3 nitrogen and oxygen atoms in total. The number of rotatable bonds is 3. The Bertz CT molecular complexity index is 472. The summed E-state index contributed by atoms with van der Waals surface area (Å²) in [5, 5.41) is 0. The second-order valence-electron chi connectivity index (χ2n) is 6.10. The minimum atomic E-state index is -4.34. The Balaban J connectivity index is 2.11. The van der Waals surface area contributed by atoms with Crippen LogP contribution in [0.5, 0.6) is 0 Å². The van der Waals surface area contributed by atoms with Gasteiger partial charge in [-0.15, -0.1) is 0 Å². The van der Waals surface area contributed by atoms with E-state index in [0.717, 1.165) is 25.2 Å². The van der Waals surface area contributed by atoms with E-state index in [-0.39, 0.29) is 6.04 Å². The van der Waals surface area contributed by atoms with Gasteiger partial charge in [0, 0.05) is 31.9 Å². The third-order valence-electron chi connectivity index (χ3n) is 4.41. The topological polar surface area (TPSA) is 19.4 Å². The number of anilines is 1. The Morgan fingerprint density at radius 3 is 2.48 bits per heavy atom. The predicted molar refractivity (Wildman–Crippen MR) is 77.3 cm³/mol. The van der Waals surface area contributed by atoms with Crippen molar-refractivity contribution in [1.82, 2.24) is 9.88 Å². The summed E-state index contributed by atoms with van der Waals surface area (Å²) in [6.07, 6.45) is -2.33. The summed E-state index contributed by atoms with van der Waals surface area (Å²) in [5.41, 5.74) is -0.709. The first-order valence-electron chi connectivity index (χ1n) is 7.16. The van der Waals surface area contributed by atoms with Crippen molar-refractivity contribution in [2.75, 3.05) is 25.5 Å². The van der Waals surface area contributed by atoms with Crippen LogP contribution in [-0.2, 0) is 6.18 Å². The third kappa shape index (κ3) is 3.48. The third-order valence-corrected chi connectivity index (χ3v) is 4.41. The zero-order valence-corrected chi connectivity index (χ0v) is 12.9. The highest BCUT2D eigenvalue weighted by Gasteiger charge is 2.34. The van der Waals surface area contributed by atoms with Crippen molar-refractivity contribution in [2.24, 2.45) is 5.92 Å². The molecule has 1 aromatic heterocycles. The van der Waals surface area contributed by atoms with Crippen molar-refractivity contribution in [1.29, 1.82) is 0 Å². The van der Waals surface area contributed by atoms with Crippen LogP contribution in [0.2, 0.25) is 0 Å². The number of pyridine rings is 1. The average Bonchev–Trinajstić information content (AvgIpc) is 2.75. The van der Waals surface area contributed by atoms with Gasteiger partial charge in [-0.1, -0.05) is 6.92 Å². The molecule has 1 fully saturated rings. The lowest BCUT2D eigenvalue weighted by molar-refractivity contribution is -0.137. The second kappa shape index (κ2) is 5.83. The van der Waals surface area contributed by atoms with Crippen molar-refractivity contribution >= 4 is 5.82 Å². The maximum Gasteiger partial charge on any atom is 0.417 e. The Morgan fingerprint density at radius 2 is 2.05 bits per heavy atom. The summed E-state index contributed by atoms with van der Waals surface area (Å²) >= 11 is 0. The van der Waals surface area contributed by atoms with Gasteiger partial charge in [-0.2, -0.15) is 13.2 Å². The van der Waals surface area contributed by atoms with Crippen LogP contribution in [0.3, 0.4) is 0 Å². The number of halogens is 3. The van der Waals surface area contributed by atoms with Crippen LogP contribution in [0.15, 0.2) is 18.3 Å². The zero-order valence-electron chi connectivity index (χ0n) is 12.9. The first-order chi connectivity index (χ1) is 9.70. The quantitative estimate of drug-likeness (QED) is 0.854. The van der Waals surface area contributed by atoms with E-state index in [9.17, 15) is 13.2 Å². The summed E-state index contributed by atoms with van der Waals surface area (Å²) in [6.45, 7) is 5.38. The molecule has 0 N–H and O–H groups in total. The van der Waals surface area contributed by atoms with Crippen LogP contribution in [0.4, 0.5) is 19.0 Å². The van der Waals surface area contributed by atoms with Gasteiger partial charge in [-0.05, 0) is 38.4 Å². The Morgan fingerprint density at radius 1 is 1.38 bits per heavy atom. The van der Waals surface area contributed by atoms with Crippen LogP contribution in [0.1, 0.15) is 25.8 Å². The van der Waals surface area contributed by atoms with Crippen LogP contribution >= 0.6 is 0 Å². The molecule has 2 rings (SSSR count). The lowest BCUT2D eigenvalue weighted by Gasteiger charge is -2.34. The predicted octanol–water partition coefficient (Wildman–Crippen LogP) is 3.27. The number of likely N-dealkylation sites (N-methyl/N-ethyl adjacent to an activating group) is 2. The first kappa shape index (κ1) is 16.1. The smallest absolute Gasteiger partial charge is 0.355 e. The molecule has 0 spiro atoms. The minimum absolute atomic E-state index is 0.198. The molecule has 3 atom stereocenters. The van der Waals surface area contributed by atoms with Crippen LogP contribution in [-0.4, -0.2) is 42.6 Å². The monoisotopic (exact) mass is 301 g/mol. The summed E-state index contributed by atoms with van der Waals surface area (Å²) in [6, 6.07) is 3.13. The van der Waals surface area contributed by atoms with E-state index in [0.29, 0.717) is 17.8 Å². The molecule has 0 aromatic carbocycles. The lowest BCUT2D eigenvalue weighted by Crippen LogP contribution is -2.45. The van der Waals surface area contributed by atoms with E-state index in [1.54, 1.807) is 0 Å². The molecule has 1 saturated heterocycles. The number of alkyl halides is 3. The van der Waals surface area contributed by atoms with Gasteiger partial charge in [0.2, 0.25) is 0 Å². The van der Waals surface area contributed by atoms with Gasteiger partial charge in [-0.3, -0.25) is 0 Å². The molecule has 6 heteroatoms. The number of hydrogen-bond acceptors (Lipinski definition) is 3. The van der Waals surface area contributed by atoms with Gasteiger partial charge >= 0.3 is 6.18 Å². The van der Waals surface area contributed by atoms with Crippen molar-refractivity contribution in [3.8, 4) is 0 Å². The summed E-state index contributed by atoms with van der Waals surface area (Å²) < 4.78 is 37.7.